The van der Waals surface area contributed by atoms with Gasteiger partial charge in [0.25, 0.3) is 5.91 Å². The lowest BCUT2D eigenvalue weighted by Crippen LogP contribution is -2.63. The minimum absolute atomic E-state index is 0.0266. The molecule has 2 aliphatic heterocycles. The van der Waals surface area contributed by atoms with Gasteiger partial charge in [0.05, 0.1) is 11.6 Å². The highest BCUT2D eigenvalue weighted by molar-refractivity contribution is 5.96. The van der Waals surface area contributed by atoms with Crippen molar-refractivity contribution in [3.05, 3.63) is 53.6 Å². The van der Waals surface area contributed by atoms with E-state index in [-0.39, 0.29) is 11.7 Å². The number of hydrogen-bond acceptors (Lipinski definition) is 4. The third-order valence-corrected chi connectivity index (χ3v) is 6.02. The van der Waals surface area contributed by atoms with E-state index in [9.17, 15) is 9.90 Å². The molecule has 0 unspecified atom stereocenters. The Balaban J connectivity index is 1.48. The normalized spacial score (nSPS) is 20.4. The summed E-state index contributed by atoms with van der Waals surface area (Å²) in [4.78, 5) is 17.4. The smallest absolute Gasteiger partial charge is 0.253 e. The van der Waals surface area contributed by atoms with Gasteiger partial charge in [-0.05, 0) is 62.2 Å². The summed E-state index contributed by atoms with van der Waals surface area (Å²) in [6.45, 7) is 4.98. The summed E-state index contributed by atoms with van der Waals surface area (Å²) in [6, 6.07) is 15.2. The molecule has 2 aromatic carbocycles. The van der Waals surface area contributed by atoms with Crippen molar-refractivity contribution in [1.29, 1.82) is 5.26 Å². The van der Waals surface area contributed by atoms with Gasteiger partial charge in [-0.15, -0.1) is 0 Å². The predicted octanol–water partition coefficient (Wildman–Crippen LogP) is 3.63. The summed E-state index contributed by atoms with van der Waals surface area (Å²) >= 11 is 0. The van der Waals surface area contributed by atoms with Crippen LogP contribution in [0, 0.1) is 11.3 Å². The van der Waals surface area contributed by atoms with E-state index in [4.69, 9.17) is 5.26 Å². The van der Waals surface area contributed by atoms with E-state index in [1.165, 1.54) is 25.3 Å². The highest BCUT2D eigenvalue weighted by Crippen LogP contribution is 2.31. The van der Waals surface area contributed by atoms with Crippen LogP contribution >= 0.6 is 0 Å². The van der Waals surface area contributed by atoms with E-state index in [1.807, 2.05) is 23.1 Å². The van der Waals surface area contributed by atoms with Gasteiger partial charge in [0, 0.05) is 36.3 Å². The van der Waals surface area contributed by atoms with Gasteiger partial charge >= 0.3 is 0 Å². The molecule has 144 valence electrons. The average molecular weight is 375 g/mol. The first-order valence-corrected chi connectivity index (χ1v) is 9.95. The molecule has 0 saturated carbocycles. The van der Waals surface area contributed by atoms with Crippen molar-refractivity contribution in [3.8, 4) is 22.9 Å². The van der Waals surface area contributed by atoms with E-state index >= 15 is 0 Å². The van der Waals surface area contributed by atoms with Gasteiger partial charge in [0.2, 0.25) is 0 Å². The van der Waals surface area contributed by atoms with Gasteiger partial charge in [0.15, 0.2) is 0 Å². The van der Waals surface area contributed by atoms with Crippen molar-refractivity contribution in [2.24, 2.45) is 0 Å². The molecule has 0 aliphatic carbocycles. The highest BCUT2D eigenvalue weighted by Gasteiger charge is 2.37. The number of hydrogen-bond donors (Lipinski definition) is 1. The fourth-order valence-electron chi connectivity index (χ4n) is 4.33. The Hall–Kier alpha value is -2.84. The Bertz CT molecular complexity index is 928. The molecule has 28 heavy (non-hydrogen) atoms. The third kappa shape index (κ3) is 3.48. The standard InChI is InChI=1S/C23H25N3O2/c1-16-5-2-3-10-26(16)20-14-25(15-20)23(28)19-7-4-6-18(12-19)21-11-17(13-24)8-9-22(21)27/h4,6-9,11-12,16,20,27H,2-3,5,10,14-15H2,1H3/t16-/m0/s1. The van der Waals surface area contributed by atoms with Crippen LogP contribution in [0.15, 0.2) is 42.5 Å². The molecule has 2 aliphatic rings. The number of nitrogens with zero attached hydrogens (tertiary/aromatic N) is 3. The maximum atomic E-state index is 12.9. The Kier molecular flexibility index (Phi) is 5.06. The minimum Gasteiger partial charge on any atom is -0.507 e. The summed E-state index contributed by atoms with van der Waals surface area (Å²) in [7, 11) is 0. The molecule has 0 aromatic heterocycles. The molecule has 0 bridgehead atoms. The van der Waals surface area contributed by atoms with Crippen molar-refractivity contribution >= 4 is 5.91 Å². The second-order valence-electron chi connectivity index (χ2n) is 7.87. The van der Waals surface area contributed by atoms with Gasteiger partial charge < -0.3 is 10.0 Å². The van der Waals surface area contributed by atoms with Gasteiger partial charge in [-0.25, -0.2) is 0 Å². The van der Waals surface area contributed by atoms with Crippen molar-refractivity contribution in [2.45, 2.75) is 38.3 Å². The molecule has 2 fully saturated rings. The summed E-state index contributed by atoms with van der Waals surface area (Å²) in [5.41, 5.74) is 2.40. The molecule has 5 nitrogen and oxygen atoms in total. The quantitative estimate of drug-likeness (QED) is 0.890. The first-order valence-electron chi connectivity index (χ1n) is 9.95. The molecule has 2 aromatic rings. The maximum Gasteiger partial charge on any atom is 0.253 e. The Morgan fingerprint density at radius 3 is 2.75 bits per heavy atom. The summed E-state index contributed by atoms with van der Waals surface area (Å²) in [5, 5.41) is 19.3. The molecule has 1 amide bonds. The monoisotopic (exact) mass is 375 g/mol. The van der Waals surface area contributed by atoms with Crippen LogP contribution in [0.3, 0.4) is 0 Å². The zero-order valence-electron chi connectivity index (χ0n) is 16.1. The van der Waals surface area contributed by atoms with Crippen molar-refractivity contribution < 1.29 is 9.90 Å². The average Bonchev–Trinajstić information content (AvgIpc) is 2.68. The molecule has 1 atom stereocenters. The SMILES string of the molecule is C[C@H]1CCCCN1C1CN(C(=O)c2cccc(-c3cc(C#N)ccc3O)c2)C1. The molecule has 2 saturated heterocycles. The van der Waals surface area contributed by atoms with E-state index in [0.29, 0.717) is 28.8 Å². The number of carbonyl (C=O) groups is 1. The minimum atomic E-state index is 0.0266. The Labute approximate surface area is 165 Å². The first kappa shape index (κ1) is 18.5. The number of likely N-dealkylation sites (tertiary alicyclic amines) is 2. The zero-order valence-corrected chi connectivity index (χ0v) is 16.1. The fourth-order valence-corrected chi connectivity index (χ4v) is 4.33. The van der Waals surface area contributed by atoms with Crippen LogP contribution in [-0.2, 0) is 0 Å². The van der Waals surface area contributed by atoms with E-state index in [2.05, 4.69) is 17.9 Å². The number of phenols is 1. The summed E-state index contributed by atoms with van der Waals surface area (Å²) in [5.74, 6) is 0.130. The van der Waals surface area contributed by atoms with Crippen LogP contribution in [0.5, 0.6) is 5.75 Å². The lowest BCUT2D eigenvalue weighted by molar-refractivity contribution is 0.00213. The molecule has 0 radical (unpaired) electrons. The maximum absolute atomic E-state index is 12.9. The largest absolute Gasteiger partial charge is 0.507 e. The van der Waals surface area contributed by atoms with Gasteiger partial charge in [0.1, 0.15) is 5.75 Å². The van der Waals surface area contributed by atoms with E-state index in [0.717, 1.165) is 25.2 Å². The van der Waals surface area contributed by atoms with Gasteiger partial charge in [-0.3, -0.25) is 9.69 Å². The molecule has 0 spiro atoms. The fraction of sp³-hybridized carbons (Fsp3) is 0.391. The van der Waals surface area contributed by atoms with Crippen molar-refractivity contribution in [3.63, 3.8) is 0 Å². The third-order valence-electron chi connectivity index (χ3n) is 6.02. The predicted molar refractivity (Wildman–Crippen MR) is 108 cm³/mol. The van der Waals surface area contributed by atoms with Crippen LogP contribution in [0.1, 0.15) is 42.1 Å². The number of nitriles is 1. The van der Waals surface area contributed by atoms with Crippen LogP contribution in [0.4, 0.5) is 0 Å². The van der Waals surface area contributed by atoms with Crippen molar-refractivity contribution in [1.82, 2.24) is 9.80 Å². The first-order chi connectivity index (χ1) is 13.6. The van der Waals surface area contributed by atoms with Crippen LogP contribution in [0.25, 0.3) is 11.1 Å². The topological polar surface area (TPSA) is 67.6 Å². The lowest BCUT2D eigenvalue weighted by Gasteiger charge is -2.49. The summed E-state index contributed by atoms with van der Waals surface area (Å²) in [6.07, 6.45) is 3.81. The molecule has 1 N–H and O–H groups in total. The number of benzene rings is 2. The lowest BCUT2D eigenvalue weighted by atomic mass is 9.96. The number of phenolic OH excluding ortho intramolecular Hbond substituents is 1. The number of carbonyl (C=O) groups excluding carboxylic acids is 1. The highest BCUT2D eigenvalue weighted by atomic mass is 16.3. The number of aromatic hydroxyl groups is 1. The van der Waals surface area contributed by atoms with Gasteiger partial charge in [-0.2, -0.15) is 5.26 Å². The number of amides is 1. The second kappa shape index (κ2) is 7.65. The molecule has 5 heteroatoms. The molecular formula is C23H25N3O2. The zero-order chi connectivity index (χ0) is 19.7. The molecule has 2 heterocycles. The number of rotatable bonds is 3. The number of piperidine rings is 1. The van der Waals surface area contributed by atoms with Crippen LogP contribution in [0.2, 0.25) is 0 Å². The van der Waals surface area contributed by atoms with Crippen LogP contribution < -0.4 is 0 Å². The molecular weight excluding hydrogens is 350 g/mol. The second-order valence-corrected chi connectivity index (χ2v) is 7.87. The van der Waals surface area contributed by atoms with E-state index in [1.54, 1.807) is 18.2 Å². The molecule has 4 rings (SSSR count). The van der Waals surface area contributed by atoms with Crippen LogP contribution in [-0.4, -0.2) is 52.5 Å². The van der Waals surface area contributed by atoms with Crippen molar-refractivity contribution in [2.75, 3.05) is 19.6 Å². The Morgan fingerprint density at radius 2 is 2.00 bits per heavy atom. The van der Waals surface area contributed by atoms with Gasteiger partial charge in [-0.1, -0.05) is 18.6 Å². The van der Waals surface area contributed by atoms with E-state index < -0.39 is 0 Å². The summed E-state index contributed by atoms with van der Waals surface area (Å²) < 4.78 is 0. The Morgan fingerprint density at radius 1 is 1.18 bits per heavy atom.